The van der Waals surface area contributed by atoms with Crippen LogP contribution in [0.5, 0.6) is 0 Å². The summed E-state index contributed by atoms with van der Waals surface area (Å²) in [5.41, 5.74) is 0. The molecule has 0 aromatic carbocycles. The van der Waals surface area contributed by atoms with E-state index in [1.807, 2.05) is 6.08 Å². The number of carbonyl (C=O) groups excluding carboxylic acids is 1. The largest absolute Gasteiger partial charge is 0.463 e. The lowest BCUT2D eigenvalue weighted by Gasteiger charge is -2.01. The van der Waals surface area contributed by atoms with Crippen LogP contribution in [0.15, 0.2) is 12.2 Å². The number of rotatable bonds is 0. The van der Waals surface area contributed by atoms with Gasteiger partial charge in [-0.1, -0.05) is 38.2 Å². The molecular formula is C12H20O2. The highest BCUT2D eigenvalue weighted by molar-refractivity contribution is 5.81. The second-order valence-corrected chi connectivity index (χ2v) is 3.83. The molecule has 0 aromatic rings. The van der Waals surface area contributed by atoms with Crippen LogP contribution in [-0.4, -0.2) is 12.6 Å². The van der Waals surface area contributed by atoms with Crippen LogP contribution in [0.4, 0.5) is 0 Å². The Hall–Kier alpha value is -0.790. The molecule has 14 heavy (non-hydrogen) atoms. The van der Waals surface area contributed by atoms with E-state index < -0.39 is 0 Å². The first-order valence-corrected chi connectivity index (χ1v) is 5.73. The summed E-state index contributed by atoms with van der Waals surface area (Å²) in [7, 11) is 0. The Morgan fingerprint density at radius 1 is 0.929 bits per heavy atom. The quantitative estimate of drug-likeness (QED) is 0.556. The van der Waals surface area contributed by atoms with E-state index in [0.717, 1.165) is 12.8 Å². The SMILES string of the molecule is O=C1C=CCCCCCCCCCO1. The van der Waals surface area contributed by atoms with Crippen LogP contribution >= 0.6 is 0 Å². The lowest BCUT2D eigenvalue weighted by Crippen LogP contribution is -2.01. The van der Waals surface area contributed by atoms with Crippen molar-refractivity contribution in [2.24, 2.45) is 0 Å². The molecule has 0 fully saturated rings. The maximum atomic E-state index is 11.1. The predicted molar refractivity (Wildman–Crippen MR) is 57.0 cm³/mol. The molecule has 0 atom stereocenters. The van der Waals surface area contributed by atoms with Crippen LogP contribution in [0.3, 0.4) is 0 Å². The standard InChI is InChI=1S/C12H20O2/c13-12-10-8-6-4-2-1-3-5-7-9-11-14-12/h8,10H,1-7,9,11H2. The molecule has 0 amide bonds. The van der Waals surface area contributed by atoms with Gasteiger partial charge >= 0.3 is 5.97 Å². The first-order valence-electron chi connectivity index (χ1n) is 5.73. The van der Waals surface area contributed by atoms with Crippen molar-refractivity contribution in [1.29, 1.82) is 0 Å². The Balaban J connectivity index is 2.24. The number of allylic oxidation sites excluding steroid dienone is 1. The molecule has 0 spiro atoms. The predicted octanol–water partition coefficient (Wildman–Crippen LogP) is 3.22. The Morgan fingerprint density at radius 2 is 1.57 bits per heavy atom. The minimum absolute atomic E-state index is 0.177. The van der Waals surface area contributed by atoms with Crippen LogP contribution in [0.1, 0.15) is 51.4 Å². The summed E-state index contributed by atoms with van der Waals surface area (Å²) in [6.07, 6.45) is 13.2. The van der Waals surface area contributed by atoms with Crippen LogP contribution < -0.4 is 0 Å². The third-order valence-corrected chi connectivity index (χ3v) is 2.51. The number of hydrogen-bond donors (Lipinski definition) is 0. The van der Waals surface area contributed by atoms with Crippen LogP contribution in [0.2, 0.25) is 0 Å². The summed E-state index contributed by atoms with van der Waals surface area (Å²) in [6.45, 7) is 0.586. The van der Waals surface area contributed by atoms with E-state index in [2.05, 4.69) is 0 Å². The summed E-state index contributed by atoms with van der Waals surface area (Å²) >= 11 is 0. The van der Waals surface area contributed by atoms with Gasteiger partial charge in [-0.25, -0.2) is 4.79 Å². The molecular weight excluding hydrogens is 176 g/mol. The van der Waals surface area contributed by atoms with Crippen molar-refractivity contribution in [2.45, 2.75) is 51.4 Å². The Labute approximate surface area is 86.3 Å². The maximum absolute atomic E-state index is 11.1. The van der Waals surface area contributed by atoms with Gasteiger partial charge in [0, 0.05) is 6.08 Å². The normalized spacial score (nSPS) is 21.6. The monoisotopic (exact) mass is 196 g/mol. The summed E-state index contributed by atoms with van der Waals surface area (Å²) in [4.78, 5) is 11.1. The highest BCUT2D eigenvalue weighted by Crippen LogP contribution is 2.09. The van der Waals surface area contributed by atoms with Crippen molar-refractivity contribution in [2.75, 3.05) is 6.61 Å². The highest BCUT2D eigenvalue weighted by Gasteiger charge is 1.98. The van der Waals surface area contributed by atoms with Crippen LogP contribution in [0, 0.1) is 0 Å². The average Bonchev–Trinajstić information content (AvgIpc) is 2.20. The van der Waals surface area contributed by atoms with Crippen molar-refractivity contribution < 1.29 is 9.53 Å². The molecule has 1 heterocycles. The van der Waals surface area contributed by atoms with Crippen molar-refractivity contribution in [1.82, 2.24) is 0 Å². The van der Waals surface area contributed by atoms with Gasteiger partial charge in [0.05, 0.1) is 6.61 Å². The molecule has 0 unspecified atom stereocenters. The Kier molecular flexibility index (Phi) is 6.13. The molecule has 0 radical (unpaired) electrons. The van der Waals surface area contributed by atoms with Gasteiger partial charge in [0.1, 0.15) is 0 Å². The van der Waals surface area contributed by atoms with E-state index in [4.69, 9.17) is 4.74 Å². The Morgan fingerprint density at radius 3 is 2.36 bits per heavy atom. The molecule has 1 rings (SSSR count). The molecule has 2 nitrogen and oxygen atoms in total. The molecule has 1 aliphatic heterocycles. The van der Waals surface area contributed by atoms with Gasteiger partial charge in [-0.3, -0.25) is 0 Å². The third kappa shape index (κ3) is 5.79. The fourth-order valence-corrected chi connectivity index (χ4v) is 1.65. The van der Waals surface area contributed by atoms with Gasteiger partial charge < -0.3 is 4.74 Å². The van der Waals surface area contributed by atoms with Gasteiger partial charge in [0.15, 0.2) is 0 Å². The average molecular weight is 196 g/mol. The minimum atomic E-state index is -0.177. The van der Waals surface area contributed by atoms with Crippen molar-refractivity contribution in [3.8, 4) is 0 Å². The number of esters is 1. The summed E-state index contributed by atoms with van der Waals surface area (Å²) in [6, 6.07) is 0. The number of ether oxygens (including phenoxy) is 1. The zero-order valence-corrected chi connectivity index (χ0v) is 8.84. The van der Waals surface area contributed by atoms with E-state index in [1.54, 1.807) is 6.08 Å². The van der Waals surface area contributed by atoms with Crippen molar-refractivity contribution in [3.63, 3.8) is 0 Å². The molecule has 0 saturated heterocycles. The lowest BCUT2D eigenvalue weighted by atomic mass is 10.1. The topological polar surface area (TPSA) is 26.3 Å². The first-order chi connectivity index (χ1) is 6.89. The molecule has 2 heteroatoms. The highest BCUT2D eigenvalue weighted by atomic mass is 16.5. The molecule has 0 aliphatic carbocycles. The van der Waals surface area contributed by atoms with Crippen LogP contribution in [0.25, 0.3) is 0 Å². The maximum Gasteiger partial charge on any atom is 0.330 e. The second kappa shape index (κ2) is 7.60. The molecule has 0 N–H and O–H groups in total. The first kappa shape index (κ1) is 11.3. The summed E-state index contributed by atoms with van der Waals surface area (Å²) < 4.78 is 5.03. The lowest BCUT2D eigenvalue weighted by molar-refractivity contribution is -0.137. The van der Waals surface area contributed by atoms with E-state index in [1.165, 1.54) is 38.5 Å². The zero-order chi connectivity index (χ0) is 10.1. The van der Waals surface area contributed by atoms with E-state index in [9.17, 15) is 4.79 Å². The van der Waals surface area contributed by atoms with Gasteiger partial charge in [-0.2, -0.15) is 0 Å². The van der Waals surface area contributed by atoms with Gasteiger partial charge in [-0.05, 0) is 19.3 Å². The fourth-order valence-electron chi connectivity index (χ4n) is 1.65. The zero-order valence-electron chi connectivity index (χ0n) is 8.84. The molecule has 1 aliphatic rings. The van der Waals surface area contributed by atoms with Gasteiger partial charge in [0.25, 0.3) is 0 Å². The summed E-state index contributed by atoms with van der Waals surface area (Å²) in [5, 5.41) is 0. The molecule has 80 valence electrons. The molecule has 0 bridgehead atoms. The Bertz CT molecular complexity index is 185. The second-order valence-electron chi connectivity index (χ2n) is 3.83. The van der Waals surface area contributed by atoms with Gasteiger partial charge in [-0.15, -0.1) is 0 Å². The van der Waals surface area contributed by atoms with E-state index in [0.29, 0.717) is 6.61 Å². The summed E-state index contributed by atoms with van der Waals surface area (Å²) in [5.74, 6) is -0.177. The number of hydrogen-bond acceptors (Lipinski definition) is 2. The van der Waals surface area contributed by atoms with Gasteiger partial charge in [0.2, 0.25) is 0 Å². The van der Waals surface area contributed by atoms with E-state index >= 15 is 0 Å². The number of cyclic esters (lactones) is 1. The smallest absolute Gasteiger partial charge is 0.330 e. The van der Waals surface area contributed by atoms with E-state index in [-0.39, 0.29) is 5.97 Å². The molecule has 0 saturated carbocycles. The minimum Gasteiger partial charge on any atom is -0.463 e. The van der Waals surface area contributed by atoms with Crippen molar-refractivity contribution >= 4 is 5.97 Å². The van der Waals surface area contributed by atoms with Crippen molar-refractivity contribution in [3.05, 3.63) is 12.2 Å². The van der Waals surface area contributed by atoms with Crippen LogP contribution in [-0.2, 0) is 9.53 Å². The third-order valence-electron chi connectivity index (χ3n) is 2.51. The fraction of sp³-hybridized carbons (Fsp3) is 0.750. The molecule has 0 aromatic heterocycles. The number of carbonyl (C=O) groups is 1.